The van der Waals surface area contributed by atoms with Crippen LogP contribution in [-0.4, -0.2) is 6.71 Å². The van der Waals surface area contributed by atoms with E-state index in [4.69, 9.17) is 0 Å². The minimum absolute atomic E-state index is 0.0455. The molecule has 0 aliphatic carbocycles. The normalized spacial score (nSPS) is 12.9. The maximum Gasteiger partial charge on any atom is 0.264 e. The molecule has 2 aliphatic rings. The second-order valence-electron chi connectivity index (χ2n) is 26.8. The Balaban J connectivity index is 1.02. The van der Waals surface area contributed by atoms with Crippen molar-refractivity contribution in [3.63, 3.8) is 0 Å². The number of benzene rings is 14. The number of fused-ring (bicyclic) bond motifs is 6. The van der Waals surface area contributed by atoms with E-state index in [9.17, 15) is 0 Å². The van der Waals surface area contributed by atoms with E-state index < -0.39 is 0 Å². The van der Waals surface area contributed by atoms with Gasteiger partial charge in [-0.15, -0.1) is 11.3 Å². The van der Waals surface area contributed by atoms with Gasteiger partial charge in [0.15, 0.2) is 0 Å². The number of hydrogen-bond acceptors (Lipinski definition) is 4. The molecule has 5 heteroatoms. The van der Waals surface area contributed by atoms with E-state index >= 15 is 0 Å². The highest BCUT2D eigenvalue weighted by Gasteiger charge is 2.47. The molecule has 17 rings (SSSR count). The van der Waals surface area contributed by atoms with Gasteiger partial charge < -0.3 is 14.7 Å². The summed E-state index contributed by atoms with van der Waals surface area (Å²) in [5.74, 6) is 0. The van der Waals surface area contributed by atoms with Crippen LogP contribution in [0.15, 0.2) is 291 Å². The maximum absolute atomic E-state index is 2.71. The Morgan fingerprint density at radius 1 is 0.341 bits per heavy atom. The number of nitrogens with zero attached hydrogens (tertiary/aromatic N) is 3. The molecule has 3 heterocycles. The average molecular weight is 1180 g/mol. The molecular weight excluding hydrogens is 1120 g/mol. The molecule has 0 radical (unpaired) electrons. The smallest absolute Gasteiger partial charge is 0.264 e. The summed E-state index contributed by atoms with van der Waals surface area (Å²) in [6.07, 6.45) is 0. The van der Waals surface area contributed by atoms with Gasteiger partial charge in [0.05, 0.1) is 17.1 Å². The Bertz CT molecular complexity index is 5260. The topological polar surface area (TPSA) is 9.72 Å². The Morgan fingerprint density at radius 3 is 1.56 bits per heavy atom. The highest BCUT2D eigenvalue weighted by atomic mass is 32.1. The van der Waals surface area contributed by atoms with E-state index in [1.165, 1.54) is 125 Å². The number of para-hydroxylation sites is 2. The first kappa shape index (κ1) is 54.7. The monoisotopic (exact) mass is 1180 g/mol. The van der Waals surface area contributed by atoms with E-state index in [0.29, 0.717) is 0 Å². The summed E-state index contributed by atoms with van der Waals surface area (Å²) < 4.78 is 2.58. The van der Waals surface area contributed by atoms with Gasteiger partial charge in [0, 0.05) is 54.6 Å². The molecule has 14 aromatic carbocycles. The van der Waals surface area contributed by atoms with Crippen LogP contribution in [0.1, 0.15) is 52.7 Å². The van der Waals surface area contributed by atoms with Crippen molar-refractivity contribution in [1.29, 1.82) is 0 Å². The van der Waals surface area contributed by atoms with Crippen molar-refractivity contribution in [2.75, 3.05) is 14.7 Å². The van der Waals surface area contributed by atoms with Crippen LogP contribution in [-0.2, 0) is 10.8 Å². The van der Waals surface area contributed by atoms with E-state index in [1.54, 1.807) is 0 Å². The number of rotatable bonds is 9. The van der Waals surface area contributed by atoms with E-state index in [1.807, 2.05) is 11.3 Å². The Hall–Kier alpha value is -10.5. The Morgan fingerprint density at radius 2 is 0.901 bits per heavy atom. The highest BCUT2D eigenvalue weighted by molar-refractivity contribution is 7.33. The van der Waals surface area contributed by atoms with Gasteiger partial charge in [-0.25, -0.2) is 0 Å². The van der Waals surface area contributed by atoms with Crippen LogP contribution in [0.3, 0.4) is 0 Å². The molecule has 15 aromatic rings. The summed E-state index contributed by atoms with van der Waals surface area (Å²) >= 11 is 1.96. The average Bonchev–Trinajstić information content (AvgIpc) is 1.68. The van der Waals surface area contributed by atoms with Gasteiger partial charge in [-0.3, -0.25) is 0 Å². The number of thiophene rings is 1. The molecule has 91 heavy (non-hydrogen) atoms. The molecule has 434 valence electrons. The second-order valence-corrected chi connectivity index (χ2v) is 27.9. The predicted molar refractivity (Wildman–Crippen MR) is 393 cm³/mol. The molecule has 0 unspecified atom stereocenters. The minimum atomic E-state index is -0.146. The summed E-state index contributed by atoms with van der Waals surface area (Å²) in [4.78, 5) is 7.79. The molecule has 0 bridgehead atoms. The zero-order valence-electron chi connectivity index (χ0n) is 52.0. The third-order valence-electron chi connectivity index (χ3n) is 19.3. The molecule has 0 amide bonds. The lowest BCUT2D eigenvalue weighted by Gasteiger charge is -2.44. The fraction of sp³-hybridized carbons (Fsp3) is 0.0930. The van der Waals surface area contributed by atoms with Crippen LogP contribution >= 0.6 is 11.3 Å². The first-order valence-electron chi connectivity index (χ1n) is 31.9. The van der Waals surface area contributed by atoms with Gasteiger partial charge in [0.25, 0.3) is 6.71 Å². The summed E-state index contributed by atoms with van der Waals surface area (Å²) in [6.45, 7) is 13.8. The first-order chi connectivity index (χ1) is 44.4. The Kier molecular flexibility index (Phi) is 12.7. The van der Waals surface area contributed by atoms with E-state index in [0.717, 1.165) is 39.8 Å². The van der Waals surface area contributed by atoms with Crippen molar-refractivity contribution in [3.05, 3.63) is 302 Å². The first-order valence-corrected chi connectivity index (χ1v) is 32.7. The van der Waals surface area contributed by atoms with Gasteiger partial charge in [0.2, 0.25) is 0 Å². The third-order valence-corrected chi connectivity index (χ3v) is 20.5. The maximum atomic E-state index is 2.71. The largest absolute Gasteiger partial charge is 0.311 e. The molecule has 0 saturated heterocycles. The van der Waals surface area contributed by atoms with Crippen molar-refractivity contribution < 1.29 is 0 Å². The molecule has 0 fully saturated rings. The molecule has 3 nitrogen and oxygen atoms in total. The zero-order valence-corrected chi connectivity index (χ0v) is 52.9. The molecule has 0 spiro atoms. The van der Waals surface area contributed by atoms with Crippen LogP contribution < -0.4 is 30.4 Å². The molecule has 0 N–H and O–H groups in total. The fourth-order valence-corrected chi connectivity index (χ4v) is 16.1. The zero-order chi connectivity index (χ0) is 61.3. The lowest BCUT2D eigenvalue weighted by molar-refractivity contribution is 0.590. The van der Waals surface area contributed by atoms with Crippen molar-refractivity contribution >= 4 is 127 Å². The molecule has 0 saturated carbocycles. The summed E-state index contributed by atoms with van der Waals surface area (Å²) in [6, 6.07) is 110. The van der Waals surface area contributed by atoms with E-state index in [-0.39, 0.29) is 17.5 Å². The van der Waals surface area contributed by atoms with Crippen molar-refractivity contribution in [2.24, 2.45) is 0 Å². The summed E-state index contributed by atoms with van der Waals surface area (Å²) in [5, 5.41) is 8.89. The van der Waals surface area contributed by atoms with Crippen molar-refractivity contribution in [1.82, 2.24) is 0 Å². The number of hydrogen-bond donors (Lipinski definition) is 0. The molecule has 0 atom stereocenters. The van der Waals surface area contributed by atoms with Crippen LogP contribution in [0.4, 0.5) is 51.2 Å². The van der Waals surface area contributed by atoms with Gasteiger partial charge in [-0.2, -0.15) is 0 Å². The van der Waals surface area contributed by atoms with Gasteiger partial charge >= 0.3 is 0 Å². The quantitative estimate of drug-likeness (QED) is 0.105. The number of anilines is 9. The SMILES string of the molecule is CC(C)(C)c1ccc(N2c3cc(-c4ccccc4-c4ccccc4)ccc3B3c4sc5ccc(-c6ccccc6)cc5c4N(c4ccc(C(C)(C)C)cc4-c4ccc5ccc6cccc7ccc4c5c67)c4cc(N(c5ccccc5)c5ccccc5)cc2c43)cc1. The van der Waals surface area contributed by atoms with Gasteiger partial charge in [0.1, 0.15) is 0 Å². The highest BCUT2D eigenvalue weighted by Crippen LogP contribution is 2.55. The van der Waals surface area contributed by atoms with Crippen molar-refractivity contribution in [2.45, 2.75) is 52.4 Å². The van der Waals surface area contributed by atoms with Gasteiger partial charge in [-0.05, 0) is 183 Å². The van der Waals surface area contributed by atoms with E-state index in [2.05, 4.69) is 347 Å². The van der Waals surface area contributed by atoms with Crippen LogP contribution in [0, 0.1) is 0 Å². The molecule has 2 aliphatic heterocycles. The van der Waals surface area contributed by atoms with Crippen LogP contribution in [0.25, 0.3) is 86.9 Å². The fourth-order valence-electron chi connectivity index (χ4n) is 14.8. The second kappa shape index (κ2) is 21.1. The predicted octanol–water partition coefficient (Wildman–Crippen LogP) is 22.6. The van der Waals surface area contributed by atoms with Crippen molar-refractivity contribution in [3.8, 4) is 44.5 Å². The molecular formula is C86H66BN3S. The van der Waals surface area contributed by atoms with Crippen LogP contribution in [0.2, 0.25) is 0 Å². The Labute approximate surface area is 537 Å². The molecule has 1 aromatic heterocycles. The minimum Gasteiger partial charge on any atom is -0.311 e. The van der Waals surface area contributed by atoms with Crippen LogP contribution in [0.5, 0.6) is 0 Å². The van der Waals surface area contributed by atoms with Gasteiger partial charge in [-0.1, -0.05) is 254 Å². The third kappa shape index (κ3) is 9.00. The summed E-state index contributed by atoms with van der Waals surface area (Å²) in [7, 11) is 0. The standard InChI is InChI=1S/C86H66BN3S/c1-85(2,3)62-40-43-66(44-41-62)89-76-51-61(69-33-20-19-32-68(69)56-24-13-8-14-25-56)38-47-74(76)87-82-77(89)53-67(88(64-28-15-9-16-29-64)65-30-17-10-18-31-65)54-78(82)90(83-73-50-60(55-22-11-7-12-23-55)39-49-79(73)91-84(83)87)75-48-42-63(86(4,5)6)52-72(75)70-45-36-59-35-34-57-26-21-27-58-37-46-71(70)81(59)80(57)58/h7-54H,1-6H3. The lowest BCUT2D eigenvalue weighted by Crippen LogP contribution is -2.60. The summed E-state index contributed by atoms with van der Waals surface area (Å²) in [5.41, 5.74) is 24.7. The lowest BCUT2D eigenvalue weighted by atomic mass is 9.36.